The van der Waals surface area contributed by atoms with Crippen LogP contribution in [0, 0.1) is 5.41 Å². The van der Waals surface area contributed by atoms with Gasteiger partial charge < -0.3 is 15.3 Å². The fraction of sp³-hybridized carbons (Fsp3) is 0.526. The van der Waals surface area contributed by atoms with E-state index in [-0.39, 0.29) is 18.1 Å². The molecule has 1 aromatic carbocycles. The summed E-state index contributed by atoms with van der Waals surface area (Å²) in [4.78, 5) is 14.2. The Hall–Kier alpha value is -1.81. The van der Waals surface area contributed by atoms with Gasteiger partial charge in [0.05, 0.1) is 6.61 Å². The van der Waals surface area contributed by atoms with Crippen molar-refractivity contribution >= 4 is 12.1 Å². The number of hydrogen-bond donors (Lipinski definition) is 2. The lowest BCUT2D eigenvalue weighted by Gasteiger charge is -2.40. The number of aliphatic hydroxyl groups is 1. The zero-order valence-electron chi connectivity index (χ0n) is 14.0. The van der Waals surface area contributed by atoms with Crippen LogP contribution in [0.2, 0.25) is 0 Å². The van der Waals surface area contributed by atoms with Crippen LogP contribution < -0.4 is 5.32 Å². The molecule has 0 unspecified atom stereocenters. The molecule has 1 aromatic rings. The minimum absolute atomic E-state index is 0.0377. The maximum Gasteiger partial charge on any atom is 0.317 e. The summed E-state index contributed by atoms with van der Waals surface area (Å²) < 4.78 is 0. The van der Waals surface area contributed by atoms with E-state index in [9.17, 15) is 9.90 Å². The Labute approximate surface area is 139 Å². The summed E-state index contributed by atoms with van der Waals surface area (Å²) in [5, 5.41) is 12.5. The van der Waals surface area contributed by atoms with Gasteiger partial charge in [-0.2, -0.15) is 0 Å². The van der Waals surface area contributed by atoms with Gasteiger partial charge in [-0.05, 0) is 24.8 Å². The number of urea groups is 1. The number of nitrogens with zero attached hydrogens (tertiary/aromatic N) is 1. The van der Waals surface area contributed by atoms with E-state index in [1.54, 1.807) is 0 Å². The Morgan fingerprint density at radius 3 is 2.65 bits per heavy atom. The van der Waals surface area contributed by atoms with Crippen molar-refractivity contribution in [2.24, 2.45) is 5.41 Å². The molecule has 1 aliphatic carbocycles. The molecule has 0 bridgehead atoms. The summed E-state index contributed by atoms with van der Waals surface area (Å²) in [5.74, 6) is 0. The van der Waals surface area contributed by atoms with E-state index >= 15 is 0 Å². The second kappa shape index (κ2) is 8.73. The molecular weight excluding hydrogens is 288 g/mol. The molecule has 0 heterocycles. The first kappa shape index (κ1) is 17.5. The summed E-state index contributed by atoms with van der Waals surface area (Å²) >= 11 is 0. The van der Waals surface area contributed by atoms with Gasteiger partial charge in [-0.25, -0.2) is 4.79 Å². The molecule has 0 spiro atoms. The van der Waals surface area contributed by atoms with Gasteiger partial charge >= 0.3 is 6.03 Å². The second-order valence-electron chi connectivity index (χ2n) is 6.43. The van der Waals surface area contributed by atoms with E-state index in [2.05, 4.69) is 12.2 Å². The highest BCUT2D eigenvalue weighted by Crippen LogP contribution is 2.39. The molecule has 0 aromatic heterocycles. The molecule has 1 saturated carbocycles. The zero-order chi connectivity index (χ0) is 16.5. The maximum absolute atomic E-state index is 12.4. The van der Waals surface area contributed by atoms with E-state index < -0.39 is 0 Å². The molecule has 1 aliphatic rings. The number of carbonyl (C=O) groups excluding carboxylic acids is 1. The molecule has 4 heteroatoms. The van der Waals surface area contributed by atoms with Gasteiger partial charge in [0.2, 0.25) is 0 Å². The lowest BCUT2D eigenvalue weighted by atomic mass is 9.69. The molecule has 0 saturated heterocycles. The van der Waals surface area contributed by atoms with Crippen LogP contribution in [0.25, 0.3) is 6.08 Å². The maximum atomic E-state index is 12.4. The Morgan fingerprint density at radius 1 is 1.35 bits per heavy atom. The van der Waals surface area contributed by atoms with Crippen molar-refractivity contribution in [3.05, 3.63) is 42.0 Å². The van der Waals surface area contributed by atoms with Gasteiger partial charge in [-0.15, -0.1) is 0 Å². The van der Waals surface area contributed by atoms with Crippen LogP contribution in [-0.2, 0) is 0 Å². The quantitative estimate of drug-likeness (QED) is 0.773. The molecule has 126 valence electrons. The van der Waals surface area contributed by atoms with Crippen molar-refractivity contribution in [1.29, 1.82) is 0 Å². The van der Waals surface area contributed by atoms with Crippen LogP contribution in [0.4, 0.5) is 4.79 Å². The average Bonchev–Trinajstić information content (AvgIpc) is 2.54. The first-order chi connectivity index (χ1) is 11.2. The fourth-order valence-electron chi connectivity index (χ4n) is 2.87. The number of carbonyl (C=O) groups is 1. The van der Waals surface area contributed by atoms with Crippen molar-refractivity contribution in [3.8, 4) is 0 Å². The highest BCUT2D eigenvalue weighted by atomic mass is 16.3. The first-order valence-electron chi connectivity index (χ1n) is 8.54. The van der Waals surface area contributed by atoms with Crippen LogP contribution in [0.3, 0.4) is 0 Å². The number of amides is 2. The van der Waals surface area contributed by atoms with E-state index in [1.807, 2.05) is 47.4 Å². The molecule has 23 heavy (non-hydrogen) atoms. The van der Waals surface area contributed by atoms with Crippen molar-refractivity contribution < 1.29 is 9.90 Å². The number of benzene rings is 1. The van der Waals surface area contributed by atoms with Gasteiger partial charge in [-0.1, -0.05) is 55.8 Å². The van der Waals surface area contributed by atoms with Crippen molar-refractivity contribution in [2.75, 3.05) is 26.2 Å². The first-order valence-corrected chi connectivity index (χ1v) is 8.54. The van der Waals surface area contributed by atoms with Crippen molar-refractivity contribution in [3.63, 3.8) is 0 Å². The van der Waals surface area contributed by atoms with Crippen LogP contribution in [0.1, 0.15) is 38.2 Å². The Kier molecular flexibility index (Phi) is 6.66. The average molecular weight is 316 g/mol. The third-order valence-electron chi connectivity index (χ3n) is 4.58. The molecular formula is C19H28N2O2. The highest BCUT2D eigenvalue weighted by molar-refractivity contribution is 5.74. The van der Waals surface area contributed by atoms with Gasteiger partial charge in [0.1, 0.15) is 0 Å². The highest BCUT2D eigenvalue weighted by Gasteiger charge is 2.36. The molecule has 0 radical (unpaired) electrons. The molecule has 0 atom stereocenters. The molecule has 2 N–H and O–H groups in total. The summed E-state index contributed by atoms with van der Waals surface area (Å²) in [6.07, 6.45) is 8.15. The van der Waals surface area contributed by atoms with Crippen LogP contribution in [0.5, 0.6) is 0 Å². The zero-order valence-corrected chi connectivity index (χ0v) is 14.0. The molecule has 4 nitrogen and oxygen atoms in total. The van der Waals surface area contributed by atoms with Gasteiger partial charge in [0.15, 0.2) is 0 Å². The lowest BCUT2D eigenvalue weighted by molar-refractivity contribution is 0.0459. The predicted octanol–water partition coefficient (Wildman–Crippen LogP) is 3.28. The monoisotopic (exact) mass is 316 g/mol. The summed E-state index contributed by atoms with van der Waals surface area (Å²) in [5.41, 5.74) is 1.06. The van der Waals surface area contributed by atoms with Gasteiger partial charge in [-0.3, -0.25) is 0 Å². The standard InChI is InChI=1S/C19H28N2O2/c1-2-13-21(14-6-10-17-8-4-3-5-9-17)18(23)20-15-19(16-22)11-7-12-19/h3-6,8-10,22H,2,7,11-16H2,1H3,(H,20,23)/b10-6+. The van der Waals surface area contributed by atoms with Crippen LogP contribution in [0.15, 0.2) is 36.4 Å². The number of aliphatic hydroxyl groups excluding tert-OH is 1. The van der Waals surface area contributed by atoms with Crippen LogP contribution >= 0.6 is 0 Å². The van der Waals surface area contributed by atoms with Crippen molar-refractivity contribution in [2.45, 2.75) is 32.6 Å². The number of nitrogens with one attached hydrogen (secondary N) is 1. The third kappa shape index (κ3) is 5.10. The summed E-state index contributed by atoms with van der Waals surface area (Å²) in [7, 11) is 0. The second-order valence-corrected chi connectivity index (χ2v) is 6.43. The van der Waals surface area contributed by atoms with Gasteiger partial charge in [0.25, 0.3) is 0 Å². The van der Waals surface area contributed by atoms with E-state index in [1.165, 1.54) is 0 Å². The molecule has 2 amide bonds. The van der Waals surface area contributed by atoms with E-state index in [0.717, 1.165) is 37.8 Å². The minimum Gasteiger partial charge on any atom is -0.396 e. The Morgan fingerprint density at radius 2 is 2.09 bits per heavy atom. The van der Waals surface area contributed by atoms with Crippen molar-refractivity contribution in [1.82, 2.24) is 10.2 Å². The third-order valence-corrected chi connectivity index (χ3v) is 4.58. The predicted molar refractivity (Wildman–Crippen MR) is 94.1 cm³/mol. The van der Waals surface area contributed by atoms with Crippen LogP contribution in [-0.4, -0.2) is 42.3 Å². The topological polar surface area (TPSA) is 52.6 Å². The largest absolute Gasteiger partial charge is 0.396 e. The molecule has 2 rings (SSSR count). The number of hydrogen-bond acceptors (Lipinski definition) is 2. The number of rotatable bonds is 8. The molecule has 1 fully saturated rings. The minimum atomic E-state index is -0.0760. The normalized spacial score (nSPS) is 16.1. The smallest absolute Gasteiger partial charge is 0.317 e. The lowest BCUT2D eigenvalue weighted by Crippen LogP contribution is -2.48. The van der Waals surface area contributed by atoms with E-state index in [0.29, 0.717) is 13.1 Å². The summed E-state index contributed by atoms with van der Waals surface area (Å²) in [6, 6.07) is 10.0. The molecule has 0 aliphatic heterocycles. The fourth-order valence-corrected chi connectivity index (χ4v) is 2.87. The summed E-state index contributed by atoms with van der Waals surface area (Å²) in [6.45, 7) is 4.14. The SMILES string of the molecule is CCCN(C/C=C/c1ccccc1)C(=O)NCC1(CO)CCC1. The van der Waals surface area contributed by atoms with E-state index in [4.69, 9.17) is 0 Å². The Bertz CT molecular complexity index is 504. The Balaban J connectivity index is 1.84. The van der Waals surface area contributed by atoms with Gasteiger partial charge in [0, 0.05) is 25.0 Å².